The molecule has 3 atom stereocenters. The molecule has 0 radical (unpaired) electrons. The van der Waals surface area contributed by atoms with Crippen molar-refractivity contribution in [1.82, 2.24) is 10.6 Å². The van der Waals surface area contributed by atoms with E-state index in [0.717, 1.165) is 12.8 Å². The molecule has 6 heteroatoms. The number of rotatable bonds is 3. The molecule has 1 aromatic rings. The summed E-state index contributed by atoms with van der Waals surface area (Å²) < 4.78 is 13.8. The third-order valence-electron chi connectivity index (χ3n) is 3.77. The molecule has 1 saturated heterocycles. The van der Waals surface area contributed by atoms with E-state index in [1.165, 1.54) is 6.07 Å². The van der Waals surface area contributed by atoms with Crippen molar-refractivity contribution in [3.8, 4) is 0 Å². The fraction of sp³-hybridized carbons (Fsp3) is 0.462. The zero-order valence-electron chi connectivity index (χ0n) is 10.1. The molecule has 2 N–H and O–H groups in total. The first kappa shape index (κ1) is 13.6. The number of amides is 1. The molecule has 0 unspecified atom stereocenters. The summed E-state index contributed by atoms with van der Waals surface area (Å²) in [5.41, 5.74) is 0.410. The Balaban J connectivity index is 1.58. The normalized spacial score (nSPS) is 31.9. The summed E-state index contributed by atoms with van der Waals surface area (Å²) >= 11 is 8.07. The maximum absolute atomic E-state index is 13.7. The molecule has 0 aromatic heterocycles. The quantitative estimate of drug-likeness (QED) is 0.470. The van der Waals surface area contributed by atoms with Gasteiger partial charge >= 0.3 is 0 Å². The zero-order chi connectivity index (χ0) is 13.6. The third-order valence-corrected chi connectivity index (χ3v) is 5.69. The largest absolute Gasteiger partial charge is 0.351 e. The van der Waals surface area contributed by atoms with Crippen molar-refractivity contribution < 1.29 is 9.18 Å². The van der Waals surface area contributed by atoms with Crippen LogP contribution in [-0.2, 0) is 11.3 Å². The highest BCUT2D eigenvalue weighted by molar-refractivity contribution is 14.1. The molecular formula is C13H13ClFIN2O. The Morgan fingerprint density at radius 1 is 1.63 bits per heavy atom. The van der Waals surface area contributed by atoms with E-state index < -0.39 is 5.82 Å². The Kier molecular flexibility index (Phi) is 3.47. The Labute approximate surface area is 129 Å². The van der Waals surface area contributed by atoms with E-state index in [4.69, 9.17) is 11.6 Å². The lowest BCUT2D eigenvalue weighted by molar-refractivity contribution is -0.123. The number of nitrogens with one attached hydrogen (secondary N) is 2. The number of hydrogen-bond donors (Lipinski definition) is 2. The van der Waals surface area contributed by atoms with Gasteiger partial charge in [0.25, 0.3) is 0 Å². The fourth-order valence-corrected chi connectivity index (χ4v) is 3.90. The number of piperidine rings is 1. The van der Waals surface area contributed by atoms with Crippen molar-refractivity contribution in [3.63, 3.8) is 0 Å². The van der Waals surface area contributed by atoms with Crippen molar-refractivity contribution >= 4 is 40.1 Å². The molecule has 1 aliphatic heterocycles. The number of fused-ring (bicyclic) bond motifs is 1. The number of halogens is 3. The minimum atomic E-state index is -0.461. The SMILES string of the molecule is O=C(NCc1cccc(Cl)c1F)[C@@H]1C[C@H]2C[C@]2(I)N1. The average molecular weight is 395 g/mol. The van der Waals surface area contributed by atoms with E-state index in [0.29, 0.717) is 11.5 Å². The lowest BCUT2D eigenvalue weighted by Gasteiger charge is -2.15. The summed E-state index contributed by atoms with van der Waals surface area (Å²) in [4.78, 5) is 12.0. The molecule has 102 valence electrons. The van der Waals surface area contributed by atoms with Crippen LogP contribution in [0.15, 0.2) is 18.2 Å². The van der Waals surface area contributed by atoms with Gasteiger partial charge in [0.15, 0.2) is 0 Å². The van der Waals surface area contributed by atoms with Gasteiger partial charge in [-0.2, -0.15) is 0 Å². The van der Waals surface area contributed by atoms with Crippen molar-refractivity contribution in [2.75, 3.05) is 0 Å². The highest BCUT2D eigenvalue weighted by Gasteiger charge is 2.59. The molecular weight excluding hydrogens is 382 g/mol. The van der Waals surface area contributed by atoms with Crippen LogP contribution in [0.4, 0.5) is 4.39 Å². The Hall–Kier alpha value is -0.400. The van der Waals surface area contributed by atoms with Gasteiger partial charge in [-0.25, -0.2) is 4.39 Å². The summed E-state index contributed by atoms with van der Waals surface area (Å²) in [5.74, 6) is 0.0754. The molecule has 3 nitrogen and oxygen atoms in total. The monoisotopic (exact) mass is 394 g/mol. The predicted octanol–water partition coefficient (Wildman–Crippen LogP) is 2.61. The van der Waals surface area contributed by atoms with Crippen LogP contribution in [0.5, 0.6) is 0 Å². The van der Waals surface area contributed by atoms with Gasteiger partial charge in [-0.15, -0.1) is 0 Å². The fourth-order valence-electron chi connectivity index (χ4n) is 2.54. The maximum atomic E-state index is 13.7. The molecule has 1 aliphatic carbocycles. The standard InChI is InChI=1S/C13H13ClFIN2O/c14-9-3-1-2-7(11(9)15)6-17-12(19)10-4-8-5-13(8,16)18-10/h1-3,8,10,18H,4-6H2,(H,17,19)/t8-,10-,13-/m0/s1. The van der Waals surface area contributed by atoms with Crippen LogP contribution in [0.2, 0.25) is 5.02 Å². The van der Waals surface area contributed by atoms with E-state index in [1.807, 2.05) is 0 Å². The first-order chi connectivity index (χ1) is 8.99. The van der Waals surface area contributed by atoms with Crippen molar-refractivity contribution in [2.24, 2.45) is 5.92 Å². The number of benzene rings is 1. The van der Waals surface area contributed by atoms with Gasteiger partial charge < -0.3 is 5.32 Å². The second-order valence-corrected chi connectivity index (χ2v) is 7.46. The van der Waals surface area contributed by atoms with E-state index in [9.17, 15) is 9.18 Å². The van der Waals surface area contributed by atoms with Crippen molar-refractivity contribution in [3.05, 3.63) is 34.6 Å². The summed E-state index contributed by atoms with van der Waals surface area (Å²) in [6, 6.07) is 4.64. The van der Waals surface area contributed by atoms with Crippen LogP contribution in [-0.4, -0.2) is 15.5 Å². The highest BCUT2D eigenvalue weighted by atomic mass is 127. The van der Waals surface area contributed by atoms with Gasteiger partial charge in [-0.1, -0.05) is 46.3 Å². The lowest BCUT2D eigenvalue weighted by atomic mass is 10.1. The van der Waals surface area contributed by atoms with E-state index in [1.54, 1.807) is 12.1 Å². The molecule has 1 aromatic carbocycles. The van der Waals surface area contributed by atoms with Crippen LogP contribution < -0.4 is 10.6 Å². The number of hydrogen-bond acceptors (Lipinski definition) is 2. The molecule has 2 aliphatic rings. The Morgan fingerprint density at radius 2 is 2.42 bits per heavy atom. The molecule has 3 rings (SSSR count). The Morgan fingerprint density at radius 3 is 3.11 bits per heavy atom. The smallest absolute Gasteiger partial charge is 0.237 e. The van der Waals surface area contributed by atoms with Crippen molar-refractivity contribution in [1.29, 1.82) is 0 Å². The molecule has 1 saturated carbocycles. The first-order valence-corrected chi connectivity index (χ1v) is 7.62. The number of carbonyl (C=O) groups is 1. The second-order valence-electron chi connectivity index (χ2n) is 5.13. The third kappa shape index (κ3) is 2.60. The minimum absolute atomic E-state index is 0.0670. The van der Waals surface area contributed by atoms with Crippen molar-refractivity contribution in [2.45, 2.75) is 29.0 Å². The average Bonchev–Trinajstić information content (AvgIpc) is 2.89. The molecule has 1 heterocycles. The van der Waals surface area contributed by atoms with Gasteiger partial charge in [-0.3, -0.25) is 10.1 Å². The molecule has 0 bridgehead atoms. The second kappa shape index (κ2) is 4.86. The predicted molar refractivity (Wildman–Crippen MR) is 79.7 cm³/mol. The van der Waals surface area contributed by atoms with Crippen LogP contribution >= 0.6 is 34.2 Å². The van der Waals surface area contributed by atoms with Gasteiger partial charge in [0.2, 0.25) is 5.91 Å². The summed E-state index contributed by atoms with van der Waals surface area (Å²) in [5, 5.41) is 6.17. The van der Waals surface area contributed by atoms with E-state index >= 15 is 0 Å². The summed E-state index contributed by atoms with van der Waals surface area (Å²) in [7, 11) is 0. The van der Waals surface area contributed by atoms with E-state index in [-0.39, 0.29) is 27.1 Å². The minimum Gasteiger partial charge on any atom is -0.351 e. The van der Waals surface area contributed by atoms with Gasteiger partial charge in [0.05, 0.1) is 14.6 Å². The molecule has 0 spiro atoms. The molecule has 1 amide bonds. The topological polar surface area (TPSA) is 41.1 Å². The van der Waals surface area contributed by atoms with Gasteiger partial charge in [-0.05, 0) is 24.8 Å². The summed E-state index contributed by atoms with van der Waals surface area (Å²) in [6.07, 6.45) is 2.01. The van der Waals surface area contributed by atoms with Gasteiger partial charge in [0, 0.05) is 12.1 Å². The first-order valence-electron chi connectivity index (χ1n) is 6.17. The maximum Gasteiger partial charge on any atom is 0.237 e. The van der Waals surface area contributed by atoms with E-state index in [2.05, 4.69) is 33.2 Å². The highest BCUT2D eigenvalue weighted by Crippen LogP contribution is 2.56. The summed E-state index contributed by atoms with van der Waals surface area (Å²) in [6.45, 7) is 0.169. The van der Waals surface area contributed by atoms with Crippen LogP contribution in [0, 0.1) is 11.7 Å². The number of alkyl halides is 1. The van der Waals surface area contributed by atoms with Crippen LogP contribution in [0.1, 0.15) is 18.4 Å². The van der Waals surface area contributed by atoms with Gasteiger partial charge in [0.1, 0.15) is 5.82 Å². The lowest BCUT2D eigenvalue weighted by Crippen LogP contribution is -2.43. The van der Waals surface area contributed by atoms with Crippen LogP contribution in [0.25, 0.3) is 0 Å². The zero-order valence-corrected chi connectivity index (χ0v) is 13.0. The molecule has 19 heavy (non-hydrogen) atoms. The van der Waals surface area contributed by atoms with Crippen LogP contribution in [0.3, 0.4) is 0 Å². The Bertz CT molecular complexity index is 541. The number of carbonyl (C=O) groups excluding carboxylic acids is 1. The molecule has 2 fully saturated rings.